The molecule has 0 bridgehead atoms. The average Bonchev–Trinajstić information content (AvgIpc) is 2.78. The number of rotatable bonds is 11. The van der Waals surface area contributed by atoms with Crippen LogP contribution in [0.1, 0.15) is 54.4 Å². The van der Waals surface area contributed by atoms with Crippen molar-refractivity contribution in [1.29, 1.82) is 0 Å². The highest BCUT2D eigenvalue weighted by atomic mass is 31.2. The Balaban J connectivity index is 2.63. The highest BCUT2D eigenvalue weighted by Gasteiger charge is 2.30. The second-order valence-corrected chi connectivity index (χ2v) is 12.2. The van der Waals surface area contributed by atoms with E-state index in [-0.39, 0.29) is 19.0 Å². The van der Waals surface area contributed by atoms with Gasteiger partial charge in [0.1, 0.15) is 0 Å². The topological polar surface area (TPSA) is 147 Å². The SMILES string of the molecule is CN(OC(=O)Nc1ccccc1)C(=O)CCCP(=O)(OCOC(=O)C(C)(C)C)OCOC(=O)C(C)(C)C. The molecule has 0 saturated heterocycles. The van der Waals surface area contributed by atoms with Gasteiger partial charge in [-0.1, -0.05) is 18.2 Å². The third kappa shape index (κ3) is 12.7. The van der Waals surface area contributed by atoms with Crippen LogP contribution in [0.2, 0.25) is 0 Å². The number of ether oxygens (including phenoxy) is 2. The van der Waals surface area contributed by atoms with E-state index < -0.39 is 56.0 Å². The van der Waals surface area contributed by atoms with Crippen LogP contribution in [0.3, 0.4) is 0 Å². The molecule has 0 spiro atoms. The average molecular weight is 545 g/mol. The summed E-state index contributed by atoms with van der Waals surface area (Å²) in [6, 6.07) is 8.53. The second-order valence-electron chi connectivity index (χ2n) is 10.1. The van der Waals surface area contributed by atoms with Gasteiger partial charge in [0.25, 0.3) is 5.91 Å². The largest absolute Gasteiger partial charge is 0.438 e. The lowest BCUT2D eigenvalue weighted by Gasteiger charge is -2.22. The van der Waals surface area contributed by atoms with Crippen molar-refractivity contribution in [3.05, 3.63) is 30.3 Å². The maximum Gasteiger partial charge on any atom is 0.436 e. The van der Waals surface area contributed by atoms with Crippen LogP contribution in [-0.4, -0.2) is 55.8 Å². The van der Waals surface area contributed by atoms with Crippen LogP contribution in [0.5, 0.6) is 0 Å². The van der Waals surface area contributed by atoms with E-state index in [4.69, 9.17) is 23.4 Å². The van der Waals surface area contributed by atoms with Gasteiger partial charge in [-0.25, -0.2) is 4.79 Å². The van der Waals surface area contributed by atoms with Crippen LogP contribution in [-0.2, 0) is 42.3 Å². The standard InChI is InChI=1S/C24H37N2O10P/c1-23(2,3)20(28)32-16-34-37(31,35-17-33-21(29)24(4,5)6)15-11-14-19(27)26(7)36-22(30)25-18-12-9-8-10-13-18/h8-10,12-13H,11,14-17H2,1-7H3,(H,25,30). The van der Waals surface area contributed by atoms with Gasteiger partial charge in [0.15, 0.2) is 0 Å². The van der Waals surface area contributed by atoms with Gasteiger partial charge in [0.05, 0.1) is 17.0 Å². The summed E-state index contributed by atoms with van der Waals surface area (Å²) >= 11 is 0. The van der Waals surface area contributed by atoms with E-state index in [9.17, 15) is 23.7 Å². The number of anilines is 1. The Morgan fingerprint density at radius 1 is 0.865 bits per heavy atom. The Labute approximate surface area is 217 Å². The first-order valence-corrected chi connectivity index (χ1v) is 13.3. The molecule has 0 radical (unpaired) electrons. The van der Waals surface area contributed by atoms with Crippen LogP contribution in [0.25, 0.3) is 0 Å². The summed E-state index contributed by atoms with van der Waals surface area (Å²) in [6.07, 6.45) is -1.29. The molecule has 13 heteroatoms. The van der Waals surface area contributed by atoms with Crippen molar-refractivity contribution in [2.75, 3.05) is 32.1 Å². The van der Waals surface area contributed by atoms with Crippen LogP contribution >= 0.6 is 7.60 Å². The molecule has 0 heterocycles. The molecular weight excluding hydrogens is 507 g/mol. The summed E-state index contributed by atoms with van der Waals surface area (Å²) in [5.41, 5.74) is -1.12. The lowest BCUT2D eigenvalue weighted by molar-refractivity contribution is -0.162. The van der Waals surface area contributed by atoms with Crippen molar-refractivity contribution in [2.45, 2.75) is 54.4 Å². The molecule has 0 aromatic heterocycles. The third-order valence-electron chi connectivity index (χ3n) is 4.52. The fourth-order valence-corrected chi connectivity index (χ4v) is 3.64. The zero-order chi connectivity index (χ0) is 28.3. The molecule has 2 amide bonds. The first kappa shape index (κ1) is 32.1. The van der Waals surface area contributed by atoms with Gasteiger partial charge in [-0.2, -0.15) is 5.06 Å². The van der Waals surface area contributed by atoms with Crippen LogP contribution in [0.4, 0.5) is 10.5 Å². The van der Waals surface area contributed by atoms with Crippen molar-refractivity contribution in [1.82, 2.24) is 5.06 Å². The normalized spacial score (nSPS) is 11.9. The van der Waals surface area contributed by atoms with Gasteiger partial charge >= 0.3 is 25.6 Å². The summed E-state index contributed by atoms with van der Waals surface area (Å²) in [4.78, 5) is 53.1. The number of carbonyl (C=O) groups is 4. The molecule has 0 atom stereocenters. The molecule has 0 saturated carbocycles. The number of para-hydroxylation sites is 1. The highest BCUT2D eigenvalue weighted by Crippen LogP contribution is 2.49. The Bertz CT molecular complexity index is 934. The fourth-order valence-electron chi connectivity index (χ4n) is 2.34. The number of hydrogen-bond acceptors (Lipinski definition) is 10. The molecule has 37 heavy (non-hydrogen) atoms. The molecule has 1 aromatic carbocycles. The molecule has 0 aliphatic carbocycles. The molecule has 0 unspecified atom stereocenters. The highest BCUT2D eigenvalue weighted by molar-refractivity contribution is 7.53. The van der Waals surface area contributed by atoms with Gasteiger partial charge in [-0.15, -0.1) is 0 Å². The number of hydroxylamine groups is 2. The molecule has 0 aliphatic rings. The van der Waals surface area contributed by atoms with Crippen molar-refractivity contribution in [3.63, 3.8) is 0 Å². The summed E-state index contributed by atoms with van der Waals surface area (Å²) < 4.78 is 33.6. The quantitative estimate of drug-likeness (QED) is 0.180. The maximum absolute atomic E-state index is 13.2. The number of nitrogens with one attached hydrogen (secondary N) is 1. The van der Waals surface area contributed by atoms with Crippen molar-refractivity contribution < 1.29 is 47.1 Å². The minimum Gasteiger partial charge on any atom is -0.438 e. The first-order valence-electron chi connectivity index (χ1n) is 11.6. The Morgan fingerprint density at radius 2 is 1.35 bits per heavy atom. The van der Waals surface area contributed by atoms with Crippen molar-refractivity contribution in [3.8, 4) is 0 Å². The third-order valence-corrected chi connectivity index (χ3v) is 6.38. The number of hydrogen-bond donors (Lipinski definition) is 1. The molecular formula is C24H37N2O10P. The Hall–Kier alpha value is -2.95. The van der Waals surface area contributed by atoms with Gasteiger partial charge in [-0.05, 0) is 60.1 Å². The predicted octanol–water partition coefficient (Wildman–Crippen LogP) is 4.71. The van der Waals surface area contributed by atoms with E-state index >= 15 is 0 Å². The molecule has 12 nitrogen and oxygen atoms in total. The van der Waals surface area contributed by atoms with E-state index in [2.05, 4.69) is 5.32 Å². The molecule has 0 aliphatic heterocycles. The summed E-state index contributed by atoms with van der Waals surface area (Å²) in [5.74, 6) is -1.74. The second kappa shape index (κ2) is 14.1. The number of amides is 2. The smallest absolute Gasteiger partial charge is 0.436 e. The number of carbonyl (C=O) groups excluding carboxylic acids is 4. The van der Waals surface area contributed by atoms with E-state index in [1.807, 2.05) is 0 Å². The Kier molecular flexibility index (Phi) is 12.2. The lowest BCUT2D eigenvalue weighted by atomic mass is 9.98. The zero-order valence-corrected chi connectivity index (χ0v) is 23.3. The monoisotopic (exact) mass is 544 g/mol. The minimum absolute atomic E-state index is 0.00451. The number of benzene rings is 1. The van der Waals surface area contributed by atoms with Gasteiger partial charge in [0, 0.05) is 19.2 Å². The van der Waals surface area contributed by atoms with Gasteiger partial charge in [0.2, 0.25) is 13.6 Å². The molecule has 208 valence electrons. The zero-order valence-electron chi connectivity index (χ0n) is 22.4. The number of nitrogens with zero attached hydrogens (tertiary/aromatic N) is 1. The molecule has 1 N–H and O–H groups in total. The van der Waals surface area contributed by atoms with E-state index in [0.29, 0.717) is 5.69 Å². The van der Waals surface area contributed by atoms with Crippen LogP contribution in [0.15, 0.2) is 30.3 Å². The summed E-state index contributed by atoms with van der Waals surface area (Å²) in [5, 5.41) is 3.22. The van der Waals surface area contributed by atoms with Gasteiger partial charge in [-0.3, -0.25) is 33.3 Å². The first-order chi connectivity index (χ1) is 17.0. The minimum atomic E-state index is -3.94. The Morgan fingerprint density at radius 3 is 1.81 bits per heavy atom. The summed E-state index contributed by atoms with van der Waals surface area (Å²) in [7, 11) is -2.68. The van der Waals surface area contributed by atoms with E-state index in [1.54, 1.807) is 71.9 Å². The summed E-state index contributed by atoms with van der Waals surface area (Å²) in [6.45, 7) is 8.53. The van der Waals surface area contributed by atoms with E-state index in [0.717, 1.165) is 5.06 Å². The van der Waals surface area contributed by atoms with E-state index in [1.165, 1.54) is 7.05 Å². The van der Waals surface area contributed by atoms with Crippen LogP contribution < -0.4 is 5.32 Å². The molecule has 0 fully saturated rings. The molecule has 1 rings (SSSR count). The number of esters is 2. The van der Waals surface area contributed by atoms with Crippen molar-refractivity contribution >= 4 is 37.2 Å². The maximum atomic E-state index is 13.2. The van der Waals surface area contributed by atoms with Crippen molar-refractivity contribution in [2.24, 2.45) is 10.8 Å². The van der Waals surface area contributed by atoms with Gasteiger partial charge < -0.3 is 14.3 Å². The fraction of sp³-hybridized carbons (Fsp3) is 0.583. The predicted molar refractivity (Wildman–Crippen MR) is 134 cm³/mol. The molecule has 1 aromatic rings. The lowest BCUT2D eigenvalue weighted by Crippen LogP contribution is -2.31. The van der Waals surface area contributed by atoms with Crippen LogP contribution in [0, 0.1) is 10.8 Å².